The molecular formula is C8H9N3O2S. The Kier molecular flexibility index (Phi) is 2.47. The number of carboxylic acids is 1. The topological polar surface area (TPSA) is 66.6 Å². The van der Waals surface area contributed by atoms with Crippen molar-refractivity contribution in [2.24, 2.45) is 0 Å². The van der Waals surface area contributed by atoms with Crippen molar-refractivity contribution >= 4 is 22.3 Å². The highest BCUT2D eigenvalue weighted by atomic mass is 32.1. The van der Waals surface area contributed by atoms with E-state index in [1.54, 1.807) is 11.3 Å². The Labute approximate surface area is 84.0 Å². The molecule has 2 aromatic heterocycles. The van der Waals surface area contributed by atoms with Gasteiger partial charge in [-0.25, -0.2) is 4.98 Å². The van der Waals surface area contributed by atoms with Crippen LogP contribution in [0.3, 0.4) is 0 Å². The molecule has 0 atom stereocenters. The summed E-state index contributed by atoms with van der Waals surface area (Å²) in [6.45, 7) is 0.450. The molecule has 2 N–H and O–H groups in total. The maximum Gasteiger partial charge on any atom is 0.317 e. The Bertz CT molecular complexity index is 420. The first-order valence-corrected chi connectivity index (χ1v) is 4.97. The molecule has 0 unspecified atom stereocenters. The predicted molar refractivity (Wildman–Crippen MR) is 52.4 cm³/mol. The summed E-state index contributed by atoms with van der Waals surface area (Å²) in [6.07, 6.45) is 3.81. The zero-order valence-corrected chi connectivity index (χ0v) is 8.12. The summed E-state index contributed by atoms with van der Waals surface area (Å²) in [7, 11) is 0. The van der Waals surface area contributed by atoms with E-state index in [9.17, 15) is 4.79 Å². The number of imidazole rings is 1. The van der Waals surface area contributed by atoms with Crippen molar-refractivity contribution in [3.63, 3.8) is 0 Å². The van der Waals surface area contributed by atoms with Crippen molar-refractivity contribution in [3.8, 4) is 0 Å². The number of fused-ring (bicyclic) bond motifs is 1. The summed E-state index contributed by atoms with van der Waals surface area (Å²) in [5, 5.41) is 13.1. The van der Waals surface area contributed by atoms with Crippen LogP contribution >= 0.6 is 11.3 Å². The fraction of sp³-hybridized carbons (Fsp3) is 0.250. The standard InChI is InChI=1S/C8H9N3O2S/c12-7(13)4-9-3-6-5-11-1-2-14-8(11)10-6/h1-2,5,9H,3-4H2,(H,12,13). The average Bonchev–Trinajstić information content (AvgIpc) is 2.62. The number of carbonyl (C=O) groups is 1. The number of hydrogen-bond donors (Lipinski definition) is 2. The Morgan fingerprint density at radius 3 is 3.29 bits per heavy atom. The number of thiazole rings is 1. The highest BCUT2D eigenvalue weighted by molar-refractivity contribution is 7.15. The second-order valence-corrected chi connectivity index (χ2v) is 3.70. The lowest BCUT2D eigenvalue weighted by molar-refractivity contribution is -0.135. The van der Waals surface area contributed by atoms with E-state index >= 15 is 0 Å². The van der Waals surface area contributed by atoms with Crippen LogP contribution in [0, 0.1) is 0 Å². The zero-order valence-electron chi connectivity index (χ0n) is 7.30. The van der Waals surface area contributed by atoms with E-state index in [1.807, 2.05) is 22.2 Å². The van der Waals surface area contributed by atoms with E-state index in [0.717, 1.165) is 10.7 Å². The molecule has 0 aliphatic rings. The fourth-order valence-corrected chi connectivity index (χ4v) is 1.88. The highest BCUT2D eigenvalue weighted by Gasteiger charge is 2.02. The number of aromatic nitrogens is 2. The van der Waals surface area contributed by atoms with Gasteiger partial charge in [-0.3, -0.25) is 9.20 Å². The van der Waals surface area contributed by atoms with Gasteiger partial charge in [0.25, 0.3) is 0 Å². The Morgan fingerprint density at radius 1 is 1.71 bits per heavy atom. The minimum atomic E-state index is -0.856. The number of nitrogens with one attached hydrogen (secondary N) is 1. The number of aliphatic carboxylic acids is 1. The van der Waals surface area contributed by atoms with Crippen LogP contribution in [-0.4, -0.2) is 27.0 Å². The molecule has 2 aromatic rings. The van der Waals surface area contributed by atoms with Gasteiger partial charge in [-0.1, -0.05) is 0 Å². The van der Waals surface area contributed by atoms with E-state index in [0.29, 0.717) is 6.54 Å². The predicted octanol–water partition coefficient (Wildman–Crippen LogP) is 0.570. The van der Waals surface area contributed by atoms with E-state index in [1.165, 1.54) is 0 Å². The van der Waals surface area contributed by atoms with Crippen LogP contribution in [0.1, 0.15) is 5.69 Å². The quantitative estimate of drug-likeness (QED) is 0.776. The first-order chi connectivity index (χ1) is 6.75. The molecule has 2 rings (SSSR count). The molecule has 0 aliphatic heterocycles. The zero-order chi connectivity index (χ0) is 9.97. The Morgan fingerprint density at radius 2 is 2.57 bits per heavy atom. The van der Waals surface area contributed by atoms with Gasteiger partial charge >= 0.3 is 5.97 Å². The first-order valence-electron chi connectivity index (χ1n) is 4.09. The molecule has 74 valence electrons. The third-order valence-corrected chi connectivity index (χ3v) is 2.50. The summed E-state index contributed by atoms with van der Waals surface area (Å²) in [6, 6.07) is 0. The van der Waals surface area contributed by atoms with Crippen LogP contribution in [0.4, 0.5) is 0 Å². The van der Waals surface area contributed by atoms with Crippen LogP contribution in [0.25, 0.3) is 4.96 Å². The second kappa shape index (κ2) is 3.77. The second-order valence-electron chi connectivity index (χ2n) is 2.82. The molecule has 0 aliphatic carbocycles. The Hall–Kier alpha value is -1.40. The molecule has 0 amide bonds. The Balaban J connectivity index is 1.98. The van der Waals surface area contributed by atoms with E-state index in [4.69, 9.17) is 5.11 Å². The molecule has 2 heterocycles. The number of rotatable bonds is 4. The lowest BCUT2D eigenvalue weighted by Gasteiger charge is -1.96. The molecule has 0 saturated heterocycles. The van der Waals surface area contributed by atoms with Crippen molar-refractivity contribution in [2.75, 3.05) is 6.54 Å². The SMILES string of the molecule is O=C(O)CNCc1cn2ccsc2n1. The van der Waals surface area contributed by atoms with Gasteiger partial charge in [-0.2, -0.15) is 0 Å². The molecule has 0 bridgehead atoms. The van der Waals surface area contributed by atoms with Gasteiger partial charge < -0.3 is 10.4 Å². The van der Waals surface area contributed by atoms with E-state index < -0.39 is 5.97 Å². The summed E-state index contributed by atoms with van der Waals surface area (Å²) in [4.78, 5) is 15.4. The van der Waals surface area contributed by atoms with Gasteiger partial charge in [0.15, 0.2) is 4.96 Å². The molecule has 0 spiro atoms. The third kappa shape index (κ3) is 1.91. The third-order valence-electron chi connectivity index (χ3n) is 1.73. The molecular weight excluding hydrogens is 202 g/mol. The van der Waals surface area contributed by atoms with Crippen LogP contribution in [0.5, 0.6) is 0 Å². The molecule has 0 radical (unpaired) electrons. The first kappa shape index (κ1) is 9.17. The number of nitrogens with zero attached hydrogens (tertiary/aromatic N) is 2. The molecule has 0 aromatic carbocycles. The van der Waals surface area contributed by atoms with Gasteiger partial charge in [-0.15, -0.1) is 11.3 Å². The molecule has 6 heteroatoms. The highest BCUT2D eigenvalue weighted by Crippen LogP contribution is 2.10. The van der Waals surface area contributed by atoms with E-state index in [2.05, 4.69) is 10.3 Å². The summed E-state index contributed by atoms with van der Waals surface area (Å²) in [5.41, 5.74) is 0.859. The van der Waals surface area contributed by atoms with Crippen LogP contribution in [-0.2, 0) is 11.3 Å². The normalized spacial score (nSPS) is 10.9. The van der Waals surface area contributed by atoms with Crippen molar-refractivity contribution < 1.29 is 9.90 Å². The minimum Gasteiger partial charge on any atom is -0.480 e. The van der Waals surface area contributed by atoms with Crippen LogP contribution in [0.15, 0.2) is 17.8 Å². The lowest BCUT2D eigenvalue weighted by Crippen LogP contribution is -2.21. The van der Waals surface area contributed by atoms with Gasteiger partial charge in [0.1, 0.15) is 0 Å². The van der Waals surface area contributed by atoms with Gasteiger partial charge in [0.05, 0.1) is 12.2 Å². The van der Waals surface area contributed by atoms with Crippen LogP contribution < -0.4 is 5.32 Å². The van der Waals surface area contributed by atoms with Gasteiger partial charge in [-0.05, 0) is 0 Å². The van der Waals surface area contributed by atoms with Gasteiger partial charge in [0, 0.05) is 24.3 Å². The maximum atomic E-state index is 10.2. The fourth-order valence-electron chi connectivity index (χ4n) is 1.16. The number of carboxylic acid groups (broad SMARTS) is 1. The maximum absolute atomic E-state index is 10.2. The molecule has 14 heavy (non-hydrogen) atoms. The monoisotopic (exact) mass is 211 g/mol. The number of hydrogen-bond acceptors (Lipinski definition) is 4. The van der Waals surface area contributed by atoms with Crippen molar-refractivity contribution in [3.05, 3.63) is 23.5 Å². The smallest absolute Gasteiger partial charge is 0.317 e. The van der Waals surface area contributed by atoms with Gasteiger partial charge in [0.2, 0.25) is 0 Å². The van der Waals surface area contributed by atoms with E-state index in [-0.39, 0.29) is 6.54 Å². The average molecular weight is 211 g/mol. The molecule has 0 fully saturated rings. The minimum absolute atomic E-state index is 0.0365. The summed E-state index contributed by atoms with van der Waals surface area (Å²) >= 11 is 1.56. The largest absolute Gasteiger partial charge is 0.480 e. The molecule has 0 saturated carbocycles. The molecule has 5 nitrogen and oxygen atoms in total. The van der Waals surface area contributed by atoms with Crippen molar-refractivity contribution in [1.82, 2.24) is 14.7 Å². The summed E-state index contributed by atoms with van der Waals surface area (Å²) < 4.78 is 1.92. The van der Waals surface area contributed by atoms with Crippen molar-refractivity contribution in [2.45, 2.75) is 6.54 Å². The lowest BCUT2D eigenvalue weighted by atomic mass is 10.4. The van der Waals surface area contributed by atoms with Crippen molar-refractivity contribution in [1.29, 1.82) is 0 Å². The summed E-state index contributed by atoms with van der Waals surface area (Å²) in [5.74, 6) is -0.856. The van der Waals surface area contributed by atoms with Crippen LogP contribution in [0.2, 0.25) is 0 Å².